The molecule has 0 unspecified atom stereocenters. The number of hydrogen-bond acceptors (Lipinski definition) is 0. The molecule has 0 radical (unpaired) electrons. The zero-order chi connectivity index (χ0) is 55.9. The van der Waals surface area contributed by atoms with Crippen LogP contribution in [0.3, 0.4) is 0 Å². The first-order chi connectivity index (χ1) is 33.2. The van der Waals surface area contributed by atoms with Gasteiger partial charge in [0.15, 0.2) is 0 Å². The van der Waals surface area contributed by atoms with Crippen molar-refractivity contribution in [1.29, 1.82) is 0 Å². The average Bonchev–Trinajstić information content (AvgIpc) is 3.24. The van der Waals surface area contributed by atoms with Crippen molar-refractivity contribution in [1.82, 2.24) is 0 Å². The normalized spacial score (nSPS) is 15.5. The fourth-order valence-electron chi connectivity index (χ4n) is 8.95. The Kier molecular flexibility index (Phi) is 12.8. The molecule has 0 spiro atoms. The van der Waals surface area contributed by atoms with Gasteiger partial charge in [-0.3, -0.25) is 0 Å². The number of fused-ring (bicyclic) bond motifs is 2. The van der Waals surface area contributed by atoms with Gasteiger partial charge < -0.3 is 0 Å². The van der Waals surface area contributed by atoms with Gasteiger partial charge in [-0.2, -0.15) is 105 Å². The number of benzene rings is 6. The van der Waals surface area contributed by atoms with E-state index in [2.05, 4.69) is 0 Å². The maximum Gasteiger partial charge on any atom is 0.416 e. The molecule has 396 valence electrons. The summed E-state index contributed by atoms with van der Waals surface area (Å²) >= 11 is 0. The summed E-state index contributed by atoms with van der Waals surface area (Å²) < 4.78 is 344. The molecule has 6 aromatic carbocycles. The Labute approximate surface area is 401 Å². The molecule has 0 saturated heterocycles. The molecule has 0 atom stereocenters. The average molecular weight is 1080 g/mol. The monoisotopic (exact) mass is 1080 g/mol. The molecule has 0 bridgehead atoms. The molecule has 7 rings (SSSR count). The second kappa shape index (κ2) is 17.1. The predicted octanol–water partition coefficient (Wildman–Crippen LogP) is 19.5. The van der Waals surface area contributed by atoms with Gasteiger partial charge in [0.25, 0.3) is 0 Å². The van der Waals surface area contributed by atoms with E-state index in [1.165, 1.54) is 27.7 Å². The van der Waals surface area contributed by atoms with Gasteiger partial charge in [-0.05, 0) is 164 Å². The van der Waals surface area contributed by atoms with E-state index in [0.29, 0.717) is 0 Å². The third-order valence-corrected chi connectivity index (χ3v) is 12.6. The minimum absolute atomic E-state index is 0.105. The SMILES string of the molecule is CC1(C)c2cc(-c3cc(C(F)(F)F)cc(C(F)(F)F)c3)c(-c3cc(C(F)(F)F)cc(C(F)(F)F)c3)cc2C(C)(C)c2cc(-c3cc(C(F)(F)F)cc(C(F)(F)F)c3)c(-c3cc(C(F)(F)F)cc(C(F)(F)F)c3)cc21. The third-order valence-electron chi connectivity index (χ3n) is 12.6. The Balaban J connectivity index is 1.68. The maximum absolute atomic E-state index is 14.3. The summed E-state index contributed by atoms with van der Waals surface area (Å²) in [6, 6.07) is 2.72. The molecule has 0 amide bonds. The highest BCUT2D eigenvalue weighted by Crippen LogP contribution is 2.56. The van der Waals surface area contributed by atoms with Crippen LogP contribution in [-0.2, 0) is 60.2 Å². The fraction of sp³-hybridized carbons (Fsp3) is 0.280. The first-order valence-electron chi connectivity index (χ1n) is 20.8. The van der Waals surface area contributed by atoms with Crippen molar-refractivity contribution in [3.63, 3.8) is 0 Å². The van der Waals surface area contributed by atoms with Gasteiger partial charge in [0.05, 0.1) is 44.5 Å². The molecule has 0 fully saturated rings. The van der Waals surface area contributed by atoms with Crippen LogP contribution in [0.15, 0.2) is 97.1 Å². The van der Waals surface area contributed by atoms with Gasteiger partial charge in [-0.1, -0.05) is 27.7 Å². The molecule has 1 aliphatic carbocycles. The van der Waals surface area contributed by atoms with Crippen molar-refractivity contribution in [2.75, 3.05) is 0 Å². The van der Waals surface area contributed by atoms with Gasteiger partial charge in [-0.25, -0.2) is 0 Å². The molecule has 0 nitrogen and oxygen atoms in total. The molecular weight excluding hydrogens is 1060 g/mol. The van der Waals surface area contributed by atoms with E-state index in [1.807, 2.05) is 0 Å². The van der Waals surface area contributed by atoms with E-state index in [1.54, 1.807) is 0 Å². The fourth-order valence-corrected chi connectivity index (χ4v) is 8.95. The first-order valence-corrected chi connectivity index (χ1v) is 20.8. The minimum atomic E-state index is -5.59. The van der Waals surface area contributed by atoms with Gasteiger partial charge in [0.2, 0.25) is 0 Å². The van der Waals surface area contributed by atoms with Crippen LogP contribution in [0.5, 0.6) is 0 Å². The van der Waals surface area contributed by atoms with E-state index in [0.717, 1.165) is 24.3 Å². The summed E-state index contributed by atoms with van der Waals surface area (Å²) in [7, 11) is 0. The molecule has 0 aromatic heterocycles. The van der Waals surface area contributed by atoms with Crippen molar-refractivity contribution in [2.45, 2.75) is 87.9 Å². The molecule has 0 saturated carbocycles. The summed E-state index contributed by atoms with van der Waals surface area (Å²) in [6.07, 6.45) is -44.7. The topological polar surface area (TPSA) is 0 Å². The molecule has 0 aliphatic heterocycles. The lowest BCUT2D eigenvalue weighted by Gasteiger charge is -2.45. The van der Waals surface area contributed by atoms with E-state index in [-0.39, 0.29) is 95.1 Å². The van der Waals surface area contributed by atoms with Crippen LogP contribution in [0.2, 0.25) is 0 Å². The smallest absolute Gasteiger partial charge is 0.166 e. The molecular formula is C50H28F24. The summed E-state index contributed by atoms with van der Waals surface area (Å²) in [4.78, 5) is 0. The second-order valence-corrected chi connectivity index (χ2v) is 18.3. The summed E-state index contributed by atoms with van der Waals surface area (Å²) in [6.45, 7) is 4.80. The van der Waals surface area contributed by atoms with Gasteiger partial charge in [0.1, 0.15) is 0 Å². The highest BCUT2D eigenvalue weighted by molar-refractivity contribution is 5.90. The number of halogens is 24. The maximum atomic E-state index is 14.3. The van der Waals surface area contributed by atoms with Crippen molar-refractivity contribution in [3.8, 4) is 44.5 Å². The van der Waals surface area contributed by atoms with Crippen molar-refractivity contribution in [3.05, 3.63) is 164 Å². The molecule has 74 heavy (non-hydrogen) atoms. The van der Waals surface area contributed by atoms with Gasteiger partial charge in [0, 0.05) is 10.8 Å². The largest absolute Gasteiger partial charge is 0.416 e. The number of alkyl halides is 24. The lowest BCUT2D eigenvalue weighted by atomic mass is 9.58. The van der Waals surface area contributed by atoms with E-state index < -0.39 is 149 Å². The number of hydrogen-bond donors (Lipinski definition) is 0. The van der Waals surface area contributed by atoms with Crippen molar-refractivity contribution in [2.24, 2.45) is 0 Å². The zero-order valence-corrected chi connectivity index (χ0v) is 37.3. The van der Waals surface area contributed by atoms with E-state index in [4.69, 9.17) is 0 Å². The second-order valence-electron chi connectivity index (χ2n) is 18.3. The third kappa shape index (κ3) is 10.5. The molecule has 0 heterocycles. The Morgan fingerprint density at radius 1 is 0.203 bits per heavy atom. The van der Waals surface area contributed by atoms with Crippen molar-refractivity contribution < 1.29 is 105 Å². The van der Waals surface area contributed by atoms with Crippen LogP contribution >= 0.6 is 0 Å². The van der Waals surface area contributed by atoms with Crippen molar-refractivity contribution >= 4 is 0 Å². The first kappa shape index (κ1) is 55.4. The van der Waals surface area contributed by atoms with Crippen LogP contribution in [-0.4, -0.2) is 0 Å². The van der Waals surface area contributed by atoms with Crippen LogP contribution in [0.1, 0.15) is 94.5 Å². The van der Waals surface area contributed by atoms with Gasteiger partial charge in [-0.15, -0.1) is 0 Å². The predicted molar refractivity (Wildman–Crippen MR) is 219 cm³/mol. The highest BCUT2D eigenvalue weighted by atomic mass is 19.4. The van der Waals surface area contributed by atoms with Crippen LogP contribution in [0, 0.1) is 0 Å². The van der Waals surface area contributed by atoms with E-state index >= 15 is 0 Å². The lowest BCUT2D eigenvalue weighted by molar-refractivity contribution is -0.144. The van der Waals surface area contributed by atoms with Gasteiger partial charge >= 0.3 is 49.4 Å². The lowest BCUT2D eigenvalue weighted by Crippen LogP contribution is -2.37. The van der Waals surface area contributed by atoms with E-state index in [9.17, 15) is 105 Å². The number of rotatable bonds is 4. The van der Waals surface area contributed by atoms with Crippen LogP contribution in [0.4, 0.5) is 105 Å². The molecule has 6 aromatic rings. The zero-order valence-electron chi connectivity index (χ0n) is 37.3. The Morgan fingerprint density at radius 2 is 0.324 bits per heavy atom. The quantitative estimate of drug-likeness (QED) is 0.154. The molecule has 1 aliphatic rings. The Hall–Kier alpha value is -6.36. The standard InChI is InChI=1S/C50H28F24/c1-41(2)37-17-33(21-5-25(43(51,52)53)13-26(6-21)44(54,55)56)35(23-9-29(47(63,64)65)15-30(10-23)48(66,67)68)19-39(37)42(3,4)40-20-36(24-11-31(49(69,70)71)16-32(12-24)50(72,73)74)34(18-38(40)41)22-7-27(45(57,58)59)14-28(8-22)46(60,61)62/h5-20H,1-4H3. The Morgan fingerprint density at radius 3 is 0.432 bits per heavy atom. The molecule has 0 N–H and O–H groups in total. The Bertz CT molecular complexity index is 2640. The summed E-state index contributed by atoms with van der Waals surface area (Å²) in [5.74, 6) is 0. The minimum Gasteiger partial charge on any atom is -0.166 e. The summed E-state index contributed by atoms with van der Waals surface area (Å²) in [5.41, 5.74) is -28.8. The molecule has 24 heteroatoms. The highest BCUT2D eigenvalue weighted by Gasteiger charge is 2.46. The summed E-state index contributed by atoms with van der Waals surface area (Å²) in [5, 5.41) is 0. The van der Waals surface area contributed by atoms with Crippen LogP contribution in [0.25, 0.3) is 44.5 Å². The van der Waals surface area contributed by atoms with Crippen LogP contribution < -0.4 is 0 Å².